The van der Waals surface area contributed by atoms with Crippen molar-refractivity contribution in [3.63, 3.8) is 0 Å². The average Bonchev–Trinajstić information content (AvgIpc) is 2.72. The van der Waals surface area contributed by atoms with Gasteiger partial charge in [0.25, 0.3) is 0 Å². The third-order valence-corrected chi connectivity index (χ3v) is 2.08. The third-order valence-electron chi connectivity index (χ3n) is 2.08. The molecule has 1 fully saturated rings. The van der Waals surface area contributed by atoms with Gasteiger partial charge in [-0.05, 0) is 12.8 Å². The molecule has 1 aliphatic rings. The van der Waals surface area contributed by atoms with Crippen LogP contribution in [0.4, 0.5) is 10.7 Å². The zero-order valence-corrected chi connectivity index (χ0v) is 7.18. The van der Waals surface area contributed by atoms with Crippen molar-refractivity contribution >= 4 is 12.0 Å². The molecule has 0 aliphatic carbocycles. The molecule has 1 saturated heterocycles. The van der Waals surface area contributed by atoms with Crippen molar-refractivity contribution in [2.45, 2.75) is 12.8 Å². The highest BCUT2D eigenvalue weighted by atomic mass is 16.2. The number of aromatic nitrogens is 3. The summed E-state index contributed by atoms with van der Waals surface area (Å²) in [5.41, 5.74) is 5.30. The summed E-state index contributed by atoms with van der Waals surface area (Å²) >= 11 is 0. The topological polar surface area (TPSA) is 77.0 Å². The first-order valence-electron chi connectivity index (χ1n) is 4.24. The summed E-state index contributed by atoms with van der Waals surface area (Å²) in [7, 11) is 0. The van der Waals surface area contributed by atoms with Crippen molar-refractivity contribution in [2.75, 3.05) is 18.8 Å². The highest BCUT2D eigenvalue weighted by Crippen LogP contribution is 2.08. The molecular weight excluding hydrogens is 170 g/mol. The minimum atomic E-state index is -0.137. The first-order valence-corrected chi connectivity index (χ1v) is 4.24. The molecule has 0 atom stereocenters. The maximum Gasteiger partial charge on any atom is 0.346 e. The molecule has 1 aliphatic heterocycles. The Bertz CT molecular complexity index is 314. The van der Waals surface area contributed by atoms with Crippen LogP contribution >= 0.6 is 0 Å². The van der Waals surface area contributed by atoms with Gasteiger partial charge in [-0.2, -0.15) is 4.68 Å². The fraction of sp³-hybridized carbons (Fsp3) is 0.571. The van der Waals surface area contributed by atoms with Gasteiger partial charge in [-0.1, -0.05) is 0 Å². The Morgan fingerprint density at radius 1 is 1.46 bits per heavy atom. The minimum Gasteiger partial charge on any atom is -0.366 e. The molecule has 0 saturated carbocycles. The summed E-state index contributed by atoms with van der Waals surface area (Å²) in [6.45, 7) is 1.61. The average molecular weight is 181 g/mol. The second kappa shape index (κ2) is 3.04. The van der Waals surface area contributed by atoms with Crippen LogP contribution in [-0.4, -0.2) is 38.8 Å². The van der Waals surface area contributed by atoms with E-state index in [1.807, 2.05) is 0 Å². The van der Waals surface area contributed by atoms with E-state index >= 15 is 0 Å². The summed E-state index contributed by atoms with van der Waals surface area (Å²) in [5, 5.41) is 3.75. The maximum absolute atomic E-state index is 11.6. The van der Waals surface area contributed by atoms with E-state index in [9.17, 15) is 4.79 Å². The van der Waals surface area contributed by atoms with Crippen LogP contribution < -0.4 is 5.73 Å². The molecular formula is C7H11N5O. The van der Waals surface area contributed by atoms with E-state index < -0.39 is 0 Å². The molecule has 1 aromatic heterocycles. The van der Waals surface area contributed by atoms with E-state index in [0.717, 1.165) is 25.9 Å². The van der Waals surface area contributed by atoms with Crippen molar-refractivity contribution in [1.29, 1.82) is 0 Å². The first kappa shape index (κ1) is 8.03. The van der Waals surface area contributed by atoms with Crippen LogP contribution in [0, 0.1) is 0 Å². The van der Waals surface area contributed by atoms with E-state index in [2.05, 4.69) is 10.1 Å². The van der Waals surface area contributed by atoms with Gasteiger partial charge in [-0.15, -0.1) is 5.10 Å². The molecule has 1 amide bonds. The Labute approximate surface area is 75.3 Å². The predicted octanol–water partition coefficient (Wildman–Crippen LogP) is -0.0758. The molecule has 13 heavy (non-hydrogen) atoms. The van der Waals surface area contributed by atoms with Gasteiger partial charge < -0.3 is 10.6 Å². The number of carbonyl (C=O) groups is 1. The minimum absolute atomic E-state index is 0.132. The second-order valence-electron chi connectivity index (χ2n) is 3.02. The standard InChI is InChI=1S/C7H11N5O/c8-6-9-5-12(10-6)7(13)11-3-1-2-4-11/h5H,1-4H2,(H2,8,10). The fourth-order valence-corrected chi connectivity index (χ4v) is 1.42. The quantitative estimate of drug-likeness (QED) is 0.607. The van der Waals surface area contributed by atoms with Gasteiger partial charge in [-0.25, -0.2) is 9.78 Å². The van der Waals surface area contributed by atoms with Crippen LogP contribution in [0.25, 0.3) is 0 Å². The van der Waals surface area contributed by atoms with E-state index in [4.69, 9.17) is 5.73 Å². The van der Waals surface area contributed by atoms with Gasteiger partial charge in [0.2, 0.25) is 5.95 Å². The molecule has 0 spiro atoms. The Kier molecular flexibility index (Phi) is 1.88. The maximum atomic E-state index is 11.6. The van der Waals surface area contributed by atoms with Crippen molar-refractivity contribution in [3.8, 4) is 0 Å². The van der Waals surface area contributed by atoms with Crippen LogP contribution in [0.5, 0.6) is 0 Å². The van der Waals surface area contributed by atoms with Gasteiger partial charge in [-0.3, -0.25) is 0 Å². The fourth-order valence-electron chi connectivity index (χ4n) is 1.42. The summed E-state index contributed by atoms with van der Waals surface area (Å²) in [4.78, 5) is 17.0. The van der Waals surface area contributed by atoms with Gasteiger partial charge in [0, 0.05) is 13.1 Å². The Hall–Kier alpha value is -1.59. The summed E-state index contributed by atoms with van der Waals surface area (Å²) in [5.74, 6) is 0.132. The normalized spacial score (nSPS) is 16.5. The molecule has 0 aromatic carbocycles. The second-order valence-corrected chi connectivity index (χ2v) is 3.02. The van der Waals surface area contributed by atoms with Crippen molar-refractivity contribution < 1.29 is 4.79 Å². The molecule has 1 aromatic rings. The number of nitrogen functional groups attached to an aromatic ring is 1. The highest BCUT2D eigenvalue weighted by molar-refractivity contribution is 5.76. The molecule has 6 nitrogen and oxygen atoms in total. The summed E-state index contributed by atoms with van der Waals surface area (Å²) in [6.07, 6.45) is 3.47. The van der Waals surface area contributed by atoms with E-state index in [-0.39, 0.29) is 12.0 Å². The highest BCUT2D eigenvalue weighted by Gasteiger charge is 2.20. The Morgan fingerprint density at radius 2 is 2.15 bits per heavy atom. The van der Waals surface area contributed by atoms with E-state index in [1.54, 1.807) is 4.90 Å². The zero-order chi connectivity index (χ0) is 9.26. The smallest absolute Gasteiger partial charge is 0.346 e. The number of nitrogens with two attached hydrogens (primary N) is 1. The zero-order valence-electron chi connectivity index (χ0n) is 7.18. The lowest BCUT2D eigenvalue weighted by Gasteiger charge is -2.13. The molecule has 0 bridgehead atoms. The van der Waals surface area contributed by atoms with Crippen molar-refractivity contribution in [2.24, 2.45) is 0 Å². The number of nitrogens with zero attached hydrogens (tertiary/aromatic N) is 4. The van der Waals surface area contributed by atoms with Crippen LogP contribution in [0.2, 0.25) is 0 Å². The van der Waals surface area contributed by atoms with Gasteiger partial charge >= 0.3 is 6.03 Å². The monoisotopic (exact) mass is 181 g/mol. The van der Waals surface area contributed by atoms with Crippen molar-refractivity contribution in [1.82, 2.24) is 19.7 Å². The lowest BCUT2D eigenvalue weighted by atomic mass is 10.4. The molecule has 2 heterocycles. The predicted molar refractivity (Wildman–Crippen MR) is 46.0 cm³/mol. The van der Waals surface area contributed by atoms with Crippen molar-refractivity contribution in [3.05, 3.63) is 6.33 Å². The molecule has 2 rings (SSSR count). The van der Waals surface area contributed by atoms with Crippen LogP contribution in [0.15, 0.2) is 6.33 Å². The Morgan fingerprint density at radius 3 is 2.69 bits per heavy atom. The lowest BCUT2D eigenvalue weighted by Crippen LogP contribution is -2.32. The van der Waals surface area contributed by atoms with Gasteiger partial charge in [0.05, 0.1) is 0 Å². The van der Waals surface area contributed by atoms with Gasteiger partial charge in [0.15, 0.2) is 0 Å². The number of hydrogen-bond donors (Lipinski definition) is 1. The van der Waals surface area contributed by atoms with E-state index in [0.29, 0.717) is 0 Å². The van der Waals surface area contributed by atoms with E-state index in [1.165, 1.54) is 11.0 Å². The number of rotatable bonds is 0. The number of hydrogen-bond acceptors (Lipinski definition) is 4. The molecule has 0 radical (unpaired) electrons. The number of amides is 1. The third kappa shape index (κ3) is 1.47. The molecule has 0 unspecified atom stereocenters. The van der Waals surface area contributed by atoms with Crippen LogP contribution in [-0.2, 0) is 0 Å². The van der Waals surface area contributed by atoms with Gasteiger partial charge in [0.1, 0.15) is 6.33 Å². The number of likely N-dealkylation sites (tertiary alicyclic amines) is 1. The first-order chi connectivity index (χ1) is 6.27. The lowest BCUT2D eigenvalue weighted by molar-refractivity contribution is 0.207. The molecule has 2 N–H and O–H groups in total. The molecule has 6 heteroatoms. The summed E-state index contributed by atoms with van der Waals surface area (Å²) < 4.78 is 1.18. The SMILES string of the molecule is Nc1ncn(C(=O)N2CCCC2)n1. The number of carbonyl (C=O) groups excluding carboxylic acids is 1. The molecule has 70 valence electrons. The number of anilines is 1. The Balaban J connectivity index is 2.12. The largest absolute Gasteiger partial charge is 0.366 e. The summed E-state index contributed by atoms with van der Waals surface area (Å²) in [6, 6.07) is -0.137. The van der Waals surface area contributed by atoms with Crippen LogP contribution in [0.3, 0.4) is 0 Å². The van der Waals surface area contributed by atoms with Crippen LogP contribution in [0.1, 0.15) is 12.8 Å².